The van der Waals surface area contributed by atoms with E-state index in [1.807, 2.05) is 30.3 Å². The van der Waals surface area contributed by atoms with Crippen LogP contribution in [0.4, 0.5) is 4.79 Å². The standard InChI is InChI=1S/C17H23N3O4/c21-15-8-4-10-20(15)11-5-9-18-17(24)19-14(16(22)23)12-13-6-2-1-3-7-13/h1-3,6-7,14H,4-5,8-12H2,(H,22,23)(H2,18,19,24). The van der Waals surface area contributed by atoms with Gasteiger partial charge in [-0.15, -0.1) is 0 Å². The first-order chi connectivity index (χ1) is 11.6. The maximum Gasteiger partial charge on any atom is 0.326 e. The van der Waals surface area contributed by atoms with Crippen molar-refractivity contribution < 1.29 is 19.5 Å². The number of rotatable bonds is 8. The lowest BCUT2D eigenvalue weighted by molar-refractivity contribution is -0.139. The summed E-state index contributed by atoms with van der Waals surface area (Å²) in [5.74, 6) is -0.912. The minimum absolute atomic E-state index is 0.160. The Labute approximate surface area is 141 Å². The molecule has 0 aliphatic carbocycles. The molecule has 1 fully saturated rings. The van der Waals surface area contributed by atoms with E-state index in [-0.39, 0.29) is 12.3 Å². The van der Waals surface area contributed by atoms with Gasteiger partial charge >= 0.3 is 12.0 Å². The average molecular weight is 333 g/mol. The first-order valence-corrected chi connectivity index (χ1v) is 8.15. The van der Waals surface area contributed by atoms with Crippen molar-refractivity contribution in [2.24, 2.45) is 0 Å². The summed E-state index contributed by atoms with van der Waals surface area (Å²) in [6, 6.07) is 7.66. The van der Waals surface area contributed by atoms with Gasteiger partial charge in [-0.2, -0.15) is 0 Å². The Morgan fingerprint density at radius 3 is 2.62 bits per heavy atom. The van der Waals surface area contributed by atoms with Crippen LogP contribution in [-0.4, -0.2) is 53.6 Å². The normalized spacial score (nSPS) is 15.2. The lowest BCUT2D eigenvalue weighted by Crippen LogP contribution is -2.47. The van der Waals surface area contributed by atoms with E-state index < -0.39 is 18.0 Å². The minimum Gasteiger partial charge on any atom is -0.480 e. The second-order valence-corrected chi connectivity index (χ2v) is 5.82. The molecule has 2 rings (SSSR count). The van der Waals surface area contributed by atoms with Crippen LogP contribution in [0.3, 0.4) is 0 Å². The first-order valence-electron chi connectivity index (χ1n) is 8.15. The number of benzene rings is 1. The summed E-state index contributed by atoms with van der Waals surface area (Å²) < 4.78 is 0. The Balaban J connectivity index is 1.70. The van der Waals surface area contributed by atoms with E-state index in [2.05, 4.69) is 10.6 Å². The molecule has 3 amide bonds. The first kappa shape index (κ1) is 17.8. The van der Waals surface area contributed by atoms with Gasteiger partial charge in [0, 0.05) is 32.5 Å². The number of nitrogens with one attached hydrogen (secondary N) is 2. The summed E-state index contributed by atoms with van der Waals surface area (Å²) in [6.07, 6.45) is 2.38. The molecule has 130 valence electrons. The predicted molar refractivity (Wildman–Crippen MR) is 88.5 cm³/mol. The van der Waals surface area contributed by atoms with Crippen LogP contribution in [-0.2, 0) is 16.0 Å². The van der Waals surface area contributed by atoms with E-state index in [9.17, 15) is 19.5 Å². The summed E-state index contributed by atoms with van der Waals surface area (Å²) in [6.45, 7) is 1.79. The third-order valence-corrected chi connectivity index (χ3v) is 3.95. The van der Waals surface area contributed by atoms with Crippen molar-refractivity contribution in [3.05, 3.63) is 35.9 Å². The molecule has 1 heterocycles. The summed E-state index contributed by atoms with van der Waals surface area (Å²) in [5, 5.41) is 14.4. The number of carbonyl (C=O) groups excluding carboxylic acids is 2. The number of likely N-dealkylation sites (tertiary alicyclic amines) is 1. The van der Waals surface area contributed by atoms with E-state index in [1.165, 1.54) is 0 Å². The van der Waals surface area contributed by atoms with Crippen LogP contribution in [0.1, 0.15) is 24.8 Å². The quantitative estimate of drug-likeness (QED) is 0.618. The van der Waals surface area contributed by atoms with E-state index in [0.717, 1.165) is 18.5 Å². The third kappa shape index (κ3) is 5.57. The smallest absolute Gasteiger partial charge is 0.326 e. The Bertz CT molecular complexity index is 576. The van der Waals surface area contributed by atoms with Crippen LogP contribution in [0, 0.1) is 0 Å². The molecule has 7 heteroatoms. The second kappa shape index (κ2) is 8.90. The van der Waals surface area contributed by atoms with E-state index >= 15 is 0 Å². The maximum absolute atomic E-state index is 11.8. The summed E-state index contributed by atoms with van der Waals surface area (Å²) in [5.41, 5.74) is 0.845. The van der Waals surface area contributed by atoms with Crippen LogP contribution in [0.5, 0.6) is 0 Å². The molecule has 0 saturated carbocycles. The molecule has 7 nitrogen and oxygen atoms in total. The van der Waals surface area contributed by atoms with Crippen molar-refractivity contribution in [3.63, 3.8) is 0 Å². The molecule has 0 aromatic heterocycles. The largest absolute Gasteiger partial charge is 0.480 e. The van der Waals surface area contributed by atoms with E-state index in [0.29, 0.717) is 25.9 Å². The molecule has 1 aromatic rings. The van der Waals surface area contributed by atoms with Gasteiger partial charge in [-0.3, -0.25) is 4.79 Å². The molecule has 1 unspecified atom stereocenters. The molecule has 1 atom stereocenters. The molecule has 1 aliphatic heterocycles. The number of aliphatic carboxylic acids is 1. The van der Waals surface area contributed by atoms with Gasteiger partial charge in [0.15, 0.2) is 0 Å². The molecule has 24 heavy (non-hydrogen) atoms. The van der Waals surface area contributed by atoms with Crippen LogP contribution in [0.25, 0.3) is 0 Å². The molecule has 1 saturated heterocycles. The Morgan fingerprint density at radius 1 is 1.25 bits per heavy atom. The lowest BCUT2D eigenvalue weighted by Gasteiger charge is -2.17. The van der Waals surface area contributed by atoms with Gasteiger partial charge in [0.1, 0.15) is 6.04 Å². The number of hydrogen-bond donors (Lipinski definition) is 3. The lowest BCUT2D eigenvalue weighted by atomic mass is 10.1. The topological polar surface area (TPSA) is 98.7 Å². The SMILES string of the molecule is O=C(NCCCN1CCCC1=O)NC(Cc1ccccc1)C(=O)O. The molecule has 1 aromatic carbocycles. The van der Waals surface area contributed by atoms with Crippen molar-refractivity contribution in [2.75, 3.05) is 19.6 Å². The molecule has 0 bridgehead atoms. The second-order valence-electron chi connectivity index (χ2n) is 5.82. The highest BCUT2D eigenvalue weighted by molar-refractivity contribution is 5.82. The number of amides is 3. The van der Waals surface area contributed by atoms with Crippen molar-refractivity contribution in [1.29, 1.82) is 0 Å². The van der Waals surface area contributed by atoms with Gasteiger partial charge in [0.05, 0.1) is 0 Å². The van der Waals surface area contributed by atoms with Gasteiger partial charge in [-0.1, -0.05) is 30.3 Å². The van der Waals surface area contributed by atoms with Crippen LogP contribution >= 0.6 is 0 Å². The van der Waals surface area contributed by atoms with E-state index in [4.69, 9.17) is 0 Å². The Hall–Kier alpha value is -2.57. The highest BCUT2D eigenvalue weighted by Gasteiger charge is 2.21. The van der Waals surface area contributed by atoms with E-state index in [1.54, 1.807) is 4.90 Å². The third-order valence-electron chi connectivity index (χ3n) is 3.95. The Morgan fingerprint density at radius 2 is 2.00 bits per heavy atom. The Kier molecular flexibility index (Phi) is 6.60. The van der Waals surface area contributed by atoms with Crippen molar-refractivity contribution >= 4 is 17.9 Å². The van der Waals surface area contributed by atoms with Gasteiger partial charge in [0.2, 0.25) is 5.91 Å². The summed E-state index contributed by atoms with van der Waals surface area (Å²) in [4.78, 5) is 36.4. The maximum atomic E-state index is 11.8. The zero-order valence-electron chi connectivity index (χ0n) is 13.5. The summed E-state index contributed by atoms with van der Waals surface area (Å²) in [7, 11) is 0. The fraction of sp³-hybridized carbons (Fsp3) is 0.471. The van der Waals surface area contributed by atoms with Gasteiger partial charge in [-0.05, 0) is 18.4 Å². The van der Waals surface area contributed by atoms with Crippen molar-refractivity contribution in [3.8, 4) is 0 Å². The number of nitrogens with zero attached hydrogens (tertiary/aromatic N) is 1. The fourth-order valence-electron chi connectivity index (χ4n) is 2.67. The molecule has 1 aliphatic rings. The fourth-order valence-corrected chi connectivity index (χ4v) is 2.67. The molecule has 0 radical (unpaired) electrons. The average Bonchev–Trinajstić information content (AvgIpc) is 2.97. The van der Waals surface area contributed by atoms with Crippen LogP contribution in [0.15, 0.2) is 30.3 Å². The number of hydrogen-bond acceptors (Lipinski definition) is 3. The molecule has 0 spiro atoms. The predicted octanol–water partition coefficient (Wildman–Crippen LogP) is 0.994. The van der Waals surface area contributed by atoms with Crippen LogP contribution < -0.4 is 10.6 Å². The zero-order valence-corrected chi connectivity index (χ0v) is 13.5. The van der Waals surface area contributed by atoms with Gasteiger partial charge in [0.25, 0.3) is 0 Å². The highest BCUT2D eigenvalue weighted by Crippen LogP contribution is 2.09. The molecular formula is C17H23N3O4. The molecular weight excluding hydrogens is 310 g/mol. The van der Waals surface area contributed by atoms with Crippen molar-refractivity contribution in [1.82, 2.24) is 15.5 Å². The summed E-state index contributed by atoms with van der Waals surface area (Å²) >= 11 is 0. The monoisotopic (exact) mass is 333 g/mol. The van der Waals surface area contributed by atoms with Gasteiger partial charge < -0.3 is 20.6 Å². The number of urea groups is 1. The number of carboxylic acids is 1. The highest BCUT2D eigenvalue weighted by atomic mass is 16.4. The van der Waals surface area contributed by atoms with Crippen LogP contribution in [0.2, 0.25) is 0 Å². The minimum atomic E-state index is -1.07. The van der Waals surface area contributed by atoms with Crippen molar-refractivity contribution in [2.45, 2.75) is 31.7 Å². The van der Waals surface area contributed by atoms with Gasteiger partial charge in [-0.25, -0.2) is 9.59 Å². The molecule has 3 N–H and O–H groups in total. The number of carboxylic acid groups (broad SMARTS) is 1. The number of carbonyl (C=O) groups is 3. The zero-order chi connectivity index (χ0) is 17.4.